The normalized spacial score (nSPS) is 19.7. The summed E-state index contributed by atoms with van der Waals surface area (Å²) in [7, 11) is 4.02. The molecule has 0 amide bonds. The molecule has 156 valence electrons. The average molecular weight is 413 g/mol. The van der Waals surface area contributed by atoms with Gasteiger partial charge in [0, 0.05) is 37.6 Å². The predicted molar refractivity (Wildman–Crippen MR) is 124 cm³/mol. The maximum Gasteiger partial charge on any atom is 0.133 e. The number of anilines is 1. The van der Waals surface area contributed by atoms with Crippen LogP contribution < -0.4 is 5.32 Å². The van der Waals surface area contributed by atoms with Crippen LogP contribution in [0.3, 0.4) is 0 Å². The van der Waals surface area contributed by atoms with Crippen LogP contribution in [0.25, 0.3) is 0 Å². The lowest BCUT2D eigenvalue weighted by Crippen LogP contribution is -2.53. The molecule has 1 aliphatic rings. The minimum atomic E-state index is -0.457. The zero-order valence-corrected chi connectivity index (χ0v) is 18.6. The van der Waals surface area contributed by atoms with Gasteiger partial charge >= 0.3 is 0 Å². The van der Waals surface area contributed by atoms with Gasteiger partial charge in [0.05, 0.1) is 11.7 Å². The Labute approximate surface area is 178 Å². The molecule has 6 heteroatoms. The minimum absolute atomic E-state index is 0.266. The van der Waals surface area contributed by atoms with Crippen molar-refractivity contribution in [3.63, 3.8) is 0 Å². The third-order valence-corrected chi connectivity index (χ3v) is 6.43. The molecule has 2 heterocycles. The Morgan fingerprint density at radius 1 is 1.34 bits per heavy atom. The first kappa shape index (κ1) is 21.6. The summed E-state index contributed by atoms with van der Waals surface area (Å²) < 4.78 is 0. The van der Waals surface area contributed by atoms with E-state index < -0.39 is 6.10 Å². The van der Waals surface area contributed by atoms with Crippen molar-refractivity contribution in [2.75, 3.05) is 39.0 Å². The Hall–Kier alpha value is -2.15. The zero-order valence-electron chi connectivity index (χ0n) is 17.8. The Morgan fingerprint density at radius 3 is 2.79 bits per heavy atom. The van der Waals surface area contributed by atoms with Gasteiger partial charge in [-0.3, -0.25) is 9.89 Å². The van der Waals surface area contributed by atoms with E-state index in [2.05, 4.69) is 40.1 Å². The zero-order chi connectivity index (χ0) is 20.8. The number of likely N-dealkylation sites (N-methyl/N-ethyl adjacent to an activating group) is 1. The van der Waals surface area contributed by atoms with Gasteiger partial charge in [-0.25, -0.2) is 0 Å². The summed E-state index contributed by atoms with van der Waals surface area (Å²) in [5, 5.41) is 15.3. The number of rotatable bonds is 6. The average Bonchev–Trinajstić information content (AvgIpc) is 3.10. The van der Waals surface area contributed by atoms with Crippen LogP contribution in [0.4, 0.5) is 5.00 Å². The monoisotopic (exact) mass is 412 g/mol. The first-order chi connectivity index (χ1) is 14.0. The standard InChI is InChI=1S/C23H32N4OS/c1-5-11-25-23-20(14-17(2)29-23)22(24-3)27-13-12-26(4)19(16-27)15-21(28)18-9-7-6-8-10-18/h5-11,14,19,21,25,28H,12-13,15-16H2,1-4H3/b11-5+,24-22?. The molecule has 1 aromatic heterocycles. The fourth-order valence-corrected chi connectivity index (χ4v) is 4.73. The number of hydrogen-bond donors (Lipinski definition) is 2. The summed E-state index contributed by atoms with van der Waals surface area (Å²) in [5.41, 5.74) is 2.13. The van der Waals surface area contributed by atoms with Gasteiger partial charge < -0.3 is 15.3 Å². The number of thiophene rings is 1. The van der Waals surface area contributed by atoms with Crippen LogP contribution in [0.15, 0.2) is 53.7 Å². The SMILES string of the molecule is C/C=C/Nc1sc(C)cc1C(=NC)N1CCN(C)C(CC(O)c2ccccc2)C1. The molecule has 2 N–H and O–H groups in total. The number of nitrogens with one attached hydrogen (secondary N) is 1. The van der Waals surface area contributed by atoms with E-state index in [-0.39, 0.29) is 6.04 Å². The lowest BCUT2D eigenvalue weighted by Gasteiger charge is -2.41. The lowest BCUT2D eigenvalue weighted by molar-refractivity contribution is 0.0769. The van der Waals surface area contributed by atoms with Crippen LogP contribution in [0, 0.1) is 6.92 Å². The maximum absolute atomic E-state index is 10.7. The molecule has 2 aromatic rings. The van der Waals surface area contributed by atoms with Crippen molar-refractivity contribution in [1.82, 2.24) is 9.80 Å². The van der Waals surface area contributed by atoms with Gasteiger partial charge in [0.25, 0.3) is 0 Å². The van der Waals surface area contributed by atoms with Crippen LogP contribution >= 0.6 is 11.3 Å². The number of aliphatic hydroxyl groups excluding tert-OH is 1. The number of aliphatic hydroxyl groups is 1. The predicted octanol–water partition coefficient (Wildman–Crippen LogP) is 4.12. The first-order valence-electron chi connectivity index (χ1n) is 10.2. The van der Waals surface area contributed by atoms with E-state index in [4.69, 9.17) is 0 Å². The number of hydrogen-bond acceptors (Lipinski definition) is 5. The molecule has 1 fully saturated rings. The van der Waals surface area contributed by atoms with Crippen LogP contribution in [-0.2, 0) is 0 Å². The fraction of sp³-hybridized carbons (Fsp3) is 0.435. The van der Waals surface area contributed by atoms with Gasteiger partial charge in [-0.05, 0) is 45.1 Å². The van der Waals surface area contributed by atoms with Gasteiger partial charge in [-0.1, -0.05) is 36.4 Å². The van der Waals surface area contributed by atoms with Crippen molar-refractivity contribution in [3.8, 4) is 0 Å². The third-order valence-electron chi connectivity index (χ3n) is 5.45. The third kappa shape index (κ3) is 5.26. The molecule has 2 unspecified atom stereocenters. The van der Waals surface area contributed by atoms with Gasteiger partial charge in [0.1, 0.15) is 10.8 Å². The summed E-state index contributed by atoms with van der Waals surface area (Å²) in [5.74, 6) is 1.02. The first-order valence-corrected chi connectivity index (χ1v) is 11.0. The van der Waals surface area contributed by atoms with E-state index in [0.717, 1.165) is 41.6 Å². The molecule has 5 nitrogen and oxygen atoms in total. The molecule has 2 atom stereocenters. The van der Waals surface area contributed by atoms with E-state index in [1.165, 1.54) is 4.88 Å². The molecule has 0 spiro atoms. The van der Waals surface area contributed by atoms with Crippen LogP contribution in [0.2, 0.25) is 0 Å². The summed E-state index contributed by atoms with van der Waals surface area (Å²) in [6, 6.07) is 12.4. The van der Waals surface area contributed by atoms with Crippen molar-refractivity contribution < 1.29 is 5.11 Å². The molecular weight excluding hydrogens is 380 g/mol. The molecule has 1 aromatic carbocycles. The van der Waals surface area contributed by atoms with Gasteiger partial charge in [0.2, 0.25) is 0 Å². The highest BCUT2D eigenvalue weighted by Gasteiger charge is 2.29. The van der Waals surface area contributed by atoms with Crippen molar-refractivity contribution in [2.45, 2.75) is 32.4 Å². The highest BCUT2D eigenvalue weighted by molar-refractivity contribution is 7.16. The summed E-state index contributed by atoms with van der Waals surface area (Å²) >= 11 is 1.75. The van der Waals surface area contributed by atoms with Crippen molar-refractivity contribution in [2.24, 2.45) is 4.99 Å². The number of aliphatic imine (C=N–C) groups is 1. The molecule has 0 radical (unpaired) electrons. The van der Waals surface area contributed by atoms with Gasteiger partial charge in [-0.2, -0.15) is 0 Å². The second-order valence-corrected chi connectivity index (χ2v) is 8.79. The molecule has 0 saturated carbocycles. The largest absolute Gasteiger partial charge is 0.388 e. The molecule has 1 saturated heterocycles. The van der Waals surface area contributed by atoms with Crippen molar-refractivity contribution in [3.05, 3.63) is 64.7 Å². The Morgan fingerprint density at radius 2 is 2.10 bits per heavy atom. The van der Waals surface area contributed by atoms with Gasteiger partial charge in [0.15, 0.2) is 0 Å². The molecule has 0 aliphatic carbocycles. The van der Waals surface area contributed by atoms with E-state index in [1.54, 1.807) is 11.3 Å². The van der Waals surface area contributed by atoms with Crippen LogP contribution in [0.5, 0.6) is 0 Å². The second kappa shape index (κ2) is 10.1. The molecule has 3 rings (SSSR count). The number of nitrogens with zero attached hydrogens (tertiary/aromatic N) is 3. The number of piperazine rings is 1. The minimum Gasteiger partial charge on any atom is -0.388 e. The summed E-state index contributed by atoms with van der Waals surface area (Å²) in [6.07, 6.45) is 4.21. The van der Waals surface area contributed by atoms with E-state index in [1.807, 2.05) is 56.6 Å². The van der Waals surface area contributed by atoms with E-state index in [9.17, 15) is 5.11 Å². The Balaban J connectivity index is 1.76. The highest BCUT2D eigenvalue weighted by Crippen LogP contribution is 2.30. The number of benzene rings is 1. The summed E-state index contributed by atoms with van der Waals surface area (Å²) in [6.45, 7) is 6.87. The van der Waals surface area contributed by atoms with E-state index in [0.29, 0.717) is 6.42 Å². The molecule has 1 aliphatic heterocycles. The lowest BCUT2D eigenvalue weighted by atomic mass is 9.99. The fourth-order valence-electron chi connectivity index (χ4n) is 3.84. The van der Waals surface area contributed by atoms with Crippen molar-refractivity contribution in [1.29, 1.82) is 0 Å². The van der Waals surface area contributed by atoms with Crippen molar-refractivity contribution >= 4 is 22.2 Å². The number of aryl methyl sites for hydroxylation is 1. The topological polar surface area (TPSA) is 51.1 Å². The maximum atomic E-state index is 10.7. The number of amidine groups is 1. The summed E-state index contributed by atoms with van der Waals surface area (Å²) in [4.78, 5) is 10.6. The van der Waals surface area contributed by atoms with E-state index >= 15 is 0 Å². The Kier molecular flexibility index (Phi) is 7.47. The Bertz CT molecular complexity index is 846. The van der Waals surface area contributed by atoms with Crippen LogP contribution in [-0.4, -0.2) is 60.5 Å². The smallest absolute Gasteiger partial charge is 0.133 e. The number of allylic oxidation sites excluding steroid dienone is 1. The second-order valence-electron chi connectivity index (χ2n) is 7.53. The van der Waals surface area contributed by atoms with Crippen LogP contribution in [0.1, 0.15) is 35.5 Å². The molecule has 0 bridgehead atoms. The quantitative estimate of drug-likeness (QED) is 0.554. The highest BCUT2D eigenvalue weighted by atomic mass is 32.1. The molecular formula is C23H32N4OS. The van der Waals surface area contributed by atoms with Gasteiger partial charge in [-0.15, -0.1) is 11.3 Å². The molecule has 29 heavy (non-hydrogen) atoms.